The first kappa shape index (κ1) is 15.4. The SMILES string of the molecule is O=C(CCl)NC(C1CCCCC1=O)C(Cl)(Cl)Cl. The third-order valence-electron chi connectivity index (χ3n) is 2.79. The van der Waals surface area contributed by atoms with Gasteiger partial charge in [-0.25, -0.2) is 0 Å². The van der Waals surface area contributed by atoms with E-state index in [9.17, 15) is 9.59 Å². The van der Waals surface area contributed by atoms with Crippen molar-refractivity contribution in [3.05, 3.63) is 0 Å². The Bertz CT molecular complexity index is 303. The third kappa shape index (κ3) is 4.47. The zero-order chi connectivity index (χ0) is 13.1. The summed E-state index contributed by atoms with van der Waals surface area (Å²) >= 11 is 22.9. The van der Waals surface area contributed by atoms with E-state index >= 15 is 0 Å². The molecule has 1 saturated carbocycles. The normalized spacial score (nSPS) is 23.3. The Balaban J connectivity index is 2.81. The van der Waals surface area contributed by atoms with Crippen molar-refractivity contribution < 1.29 is 9.59 Å². The van der Waals surface area contributed by atoms with Crippen LogP contribution in [0.25, 0.3) is 0 Å². The summed E-state index contributed by atoms with van der Waals surface area (Å²) < 4.78 is -1.71. The minimum absolute atomic E-state index is 0.0300. The van der Waals surface area contributed by atoms with Gasteiger partial charge in [0.2, 0.25) is 9.70 Å². The van der Waals surface area contributed by atoms with Gasteiger partial charge in [-0.2, -0.15) is 0 Å². The highest BCUT2D eigenvalue weighted by Crippen LogP contribution is 2.38. The van der Waals surface area contributed by atoms with E-state index in [1.807, 2.05) is 0 Å². The van der Waals surface area contributed by atoms with E-state index in [0.717, 1.165) is 12.8 Å². The van der Waals surface area contributed by atoms with Gasteiger partial charge in [-0.1, -0.05) is 41.2 Å². The molecule has 1 N–H and O–H groups in total. The van der Waals surface area contributed by atoms with Gasteiger partial charge in [0, 0.05) is 12.3 Å². The zero-order valence-corrected chi connectivity index (χ0v) is 12.0. The number of ketones is 1. The number of alkyl halides is 4. The van der Waals surface area contributed by atoms with Crippen LogP contribution >= 0.6 is 46.4 Å². The number of Topliss-reactive ketones (excluding diaryl/α,β-unsaturated/α-hetero) is 1. The monoisotopic (exact) mass is 319 g/mol. The van der Waals surface area contributed by atoms with Gasteiger partial charge in [0.1, 0.15) is 11.7 Å². The summed E-state index contributed by atoms with van der Waals surface area (Å²) in [6.45, 7) is 0. The maximum atomic E-state index is 11.8. The molecular formula is C10H13Cl4NO2. The summed E-state index contributed by atoms with van der Waals surface area (Å²) in [6.07, 6.45) is 2.84. The Morgan fingerprint density at radius 2 is 2.06 bits per heavy atom. The molecule has 0 spiro atoms. The third-order valence-corrected chi connectivity index (χ3v) is 3.74. The van der Waals surface area contributed by atoms with Crippen molar-refractivity contribution in [1.82, 2.24) is 5.32 Å². The van der Waals surface area contributed by atoms with Crippen LogP contribution in [-0.4, -0.2) is 27.4 Å². The molecule has 0 radical (unpaired) electrons. The topological polar surface area (TPSA) is 46.2 Å². The second kappa shape index (κ2) is 6.46. The molecule has 98 valence electrons. The van der Waals surface area contributed by atoms with Gasteiger partial charge in [0.05, 0.1) is 6.04 Å². The molecule has 1 aliphatic rings. The van der Waals surface area contributed by atoms with Crippen LogP contribution in [0.1, 0.15) is 25.7 Å². The molecule has 0 saturated heterocycles. The first-order valence-electron chi connectivity index (χ1n) is 5.31. The molecule has 17 heavy (non-hydrogen) atoms. The Morgan fingerprint density at radius 3 is 2.53 bits per heavy atom. The van der Waals surface area contributed by atoms with Crippen molar-refractivity contribution in [1.29, 1.82) is 0 Å². The van der Waals surface area contributed by atoms with E-state index in [-0.39, 0.29) is 11.7 Å². The minimum Gasteiger partial charge on any atom is -0.347 e. The Labute approximate surface area is 120 Å². The molecule has 1 fully saturated rings. The summed E-state index contributed by atoms with van der Waals surface area (Å²) in [7, 11) is 0. The van der Waals surface area contributed by atoms with Gasteiger partial charge < -0.3 is 5.32 Å². The van der Waals surface area contributed by atoms with Crippen molar-refractivity contribution in [2.45, 2.75) is 35.5 Å². The smallest absolute Gasteiger partial charge is 0.235 e. The average molecular weight is 321 g/mol. The maximum absolute atomic E-state index is 11.8. The molecule has 1 amide bonds. The van der Waals surface area contributed by atoms with Crippen LogP contribution in [0.15, 0.2) is 0 Å². The molecule has 0 bridgehead atoms. The van der Waals surface area contributed by atoms with E-state index in [1.165, 1.54) is 0 Å². The highest BCUT2D eigenvalue weighted by atomic mass is 35.6. The molecule has 1 aliphatic carbocycles. The van der Waals surface area contributed by atoms with Crippen LogP contribution < -0.4 is 5.32 Å². The summed E-state index contributed by atoms with van der Waals surface area (Å²) in [4.78, 5) is 23.1. The van der Waals surface area contributed by atoms with Crippen molar-refractivity contribution >= 4 is 58.1 Å². The van der Waals surface area contributed by atoms with E-state index < -0.39 is 21.7 Å². The lowest BCUT2D eigenvalue weighted by molar-refractivity contribution is -0.126. The molecule has 3 nitrogen and oxygen atoms in total. The van der Waals surface area contributed by atoms with Crippen LogP contribution in [0.5, 0.6) is 0 Å². The first-order valence-corrected chi connectivity index (χ1v) is 6.98. The lowest BCUT2D eigenvalue weighted by atomic mass is 9.83. The number of nitrogens with one attached hydrogen (secondary N) is 1. The highest BCUT2D eigenvalue weighted by molar-refractivity contribution is 6.68. The van der Waals surface area contributed by atoms with Gasteiger partial charge in [-0.3, -0.25) is 9.59 Å². The Kier molecular flexibility index (Phi) is 5.84. The summed E-state index contributed by atoms with van der Waals surface area (Å²) in [5, 5.41) is 2.52. The summed E-state index contributed by atoms with van der Waals surface area (Å²) in [5.74, 6) is -1.08. The molecule has 0 heterocycles. The lowest BCUT2D eigenvalue weighted by Crippen LogP contribution is -2.52. The second-order valence-electron chi connectivity index (χ2n) is 4.04. The molecule has 1 rings (SSSR count). The molecule has 0 aliphatic heterocycles. The van der Waals surface area contributed by atoms with Gasteiger partial charge in [0.25, 0.3) is 0 Å². The Hall–Kier alpha value is 0.300. The zero-order valence-electron chi connectivity index (χ0n) is 9.02. The fourth-order valence-corrected chi connectivity index (χ4v) is 2.68. The van der Waals surface area contributed by atoms with Crippen LogP contribution in [-0.2, 0) is 9.59 Å². The van der Waals surface area contributed by atoms with Gasteiger partial charge >= 0.3 is 0 Å². The van der Waals surface area contributed by atoms with Crippen molar-refractivity contribution in [3.8, 4) is 0 Å². The summed E-state index contributed by atoms with van der Waals surface area (Å²) in [5.41, 5.74) is 0. The number of halogens is 4. The second-order valence-corrected chi connectivity index (χ2v) is 6.68. The van der Waals surface area contributed by atoms with Gasteiger partial charge in [0.15, 0.2) is 0 Å². The number of carbonyl (C=O) groups is 2. The fraction of sp³-hybridized carbons (Fsp3) is 0.800. The first-order chi connectivity index (χ1) is 7.86. The van der Waals surface area contributed by atoms with Gasteiger partial charge in [-0.15, -0.1) is 11.6 Å². The molecule has 7 heteroatoms. The predicted octanol–water partition coefficient (Wildman–Crippen LogP) is 2.84. The minimum atomic E-state index is -1.71. The van der Waals surface area contributed by atoms with E-state index in [4.69, 9.17) is 46.4 Å². The number of carbonyl (C=O) groups excluding carboxylic acids is 2. The van der Waals surface area contributed by atoms with Crippen LogP contribution in [0.4, 0.5) is 0 Å². The van der Waals surface area contributed by atoms with Crippen LogP contribution in [0, 0.1) is 5.92 Å². The molecule has 2 atom stereocenters. The molecule has 0 aromatic heterocycles. The van der Waals surface area contributed by atoms with Crippen LogP contribution in [0.3, 0.4) is 0 Å². The molecule has 0 aromatic carbocycles. The summed E-state index contributed by atoms with van der Waals surface area (Å²) in [6, 6.07) is -0.813. The van der Waals surface area contributed by atoms with Crippen LogP contribution in [0.2, 0.25) is 0 Å². The standard InChI is InChI=1S/C10H13Cl4NO2/c11-5-8(17)15-9(10(12,13)14)6-3-1-2-4-7(6)16/h6,9H,1-5H2,(H,15,17). The van der Waals surface area contributed by atoms with Crippen molar-refractivity contribution in [2.24, 2.45) is 5.92 Å². The van der Waals surface area contributed by atoms with Crippen molar-refractivity contribution in [3.63, 3.8) is 0 Å². The number of amides is 1. The lowest BCUT2D eigenvalue weighted by Gasteiger charge is -2.34. The average Bonchev–Trinajstić information content (AvgIpc) is 2.25. The number of hydrogen-bond acceptors (Lipinski definition) is 2. The fourth-order valence-electron chi connectivity index (χ4n) is 1.98. The molecular weight excluding hydrogens is 308 g/mol. The molecule has 0 aromatic rings. The van der Waals surface area contributed by atoms with Crippen molar-refractivity contribution in [2.75, 3.05) is 5.88 Å². The largest absolute Gasteiger partial charge is 0.347 e. The number of rotatable bonds is 3. The van der Waals surface area contributed by atoms with Gasteiger partial charge in [-0.05, 0) is 12.8 Å². The highest BCUT2D eigenvalue weighted by Gasteiger charge is 2.43. The van der Waals surface area contributed by atoms with E-state index in [1.54, 1.807) is 0 Å². The molecule has 2 unspecified atom stereocenters. The predicted molar refractivity (Wildman–Crippen MR) is 69.9 cm³/mol. The Morgan fingerprint density at radius 1 is 1.41 bits per heavy atom. The quantitative estimate of drug-likeness (QED) is 0.813. The number of hydrogen-bond donors (Lipinski definition) is 1. The maximum Gasteiger partial charge on any atom is 0.235 e. The van der Waals surface area contributed by atoms with E-state index in [2.05, 4.69) is 5.32 Å². The van der Waals surface area contributed by atoms with E-state index in [0.29, 0.717) is 12.8 Å².